The minimum Gasteiger partial charge on any atom is -0.448 e. The van der Waals surface area contributed by atoms with Crippen molar-refractivity contribution in [1.82, 2.24) is 9.80 Å². The summed E-state index contributed by atoms with van der Waals surface area (Å²) in [6.45, 7) is 4.20. The Bertz CT molecular complexity index is 357. The summed E-state index contributed by atoms with van der Waals surface area (Å²) in [4.78, 5) is 16.3. The van der Waals surface area contributed by atoms with Crippen LogP contribution in [0.5, 0.6) is 0 Å². The Morgan fingerprint density at radius 3 is 2.75 bits per heavy atom. The van der Waals surface area contributed by atoms with E-state index in [0.29, 0.717) is 12.6 Å². The Hall–Kier alpha value is -0.810. The number of hydrogen-bond donors (Lipinski definition) is 0. The zero-order chi connectivity index (χ0) is 14.0. The second kappa shape index (κ2) is 5.90. The van der Waals surface area contributed by atoms with Crippen LogP contribution >= 0.6 is 0 Å². The van der Waals surface area contributed by atoms with Crippen molar-refractivity contribution in [2.24, 2.45) is 0 Å². The topological polar surface area (TPSA) is 42.0 Å². The van der Waals surface area contributed by atoms with Gasteiger partial charge in [0.1, 0.15) is 6.61 Å². The number of amides is 1. The Balaban J connectivity index is 1.52. The van der Waals surface area contributed by atoms with Gasteiger partial charge in [0.05, 0.1) is 6.61 Å². The van der Waals surface area contributed by atoms with Gasteiger partial charge >= 0.3 is 6.09 Å². The van der Waals surface area contributed by atoms with Crippen molar-refractivity contribution in [1.29, 1.82) is 0 Å². The van der Waals surface area contributed by atoms with E-state index in [9.17, 15) is 4.79 Å². The molecule has 0 bridgehead atoms. The van der Waals surface area contributed by atoms with Gasteiger partial charge in [-0.2, -0.15) is 0 Å². The van der Waals surface area contributed by atoms with Crippen LogP contribution in [0, 0.1) is 0 Å². The summed E-state index contributed by atoms with van der Waals surface area (Å²) in [6, 6.07) is 0.388. The van der Waals surface area contributed by atoms with Crippen LogP contribution in [-0.2, 0) is 9.47 Å². The predicted molar refractivity (Wildman–Crippen MR) is 75.7 cm³/mol. The zero-order valence-electron chi connectivity index (χ0n) is 12.5. The van der Waals surface area contributed by atoms with E-state index < -0.39 is 0 Å². The average Bonchev–Trinajstić information content (AvgIpc) is 3.13. The highest BCUT2D eigenvalue weighted by Crippen LogP contribution is 2.42. The molecule has 1 amide bonds. The van der Waals surface area contributed by atoms with Crippen LogP contribution in [0.1, 0.15) is 38.5 Å². The van der Waals surface area contributed by atoms with Gasteiger partial charge in [-0.15, -0.1) is 0 Å². The molecule has 0 radical (unpaired) electrons. The van der Waals surface area contributed by atoms with Gasteiger partial charge in [0.2, 0.25) is 0 Å². The van der Waals surface area contributed by atoms with Crippen molar-refractivity contribution in [3.05, 3.63) is 0 Å². The Morgan fingerprint density at radius 2 is 2.00 bits per heavy atom. The summed E-state index contributed by atoms with van der Waals surface area (Å²) in [5.74, 6) is 0. The molecule has 20 heavy (non-hydrogen) atoms. The molecule has 0 aromatic rings. The van der Waals surface area contributed by atoms with Gasteiger partial charge in [0.25, 0.3) is 0 Å². The molecule has 0 aromatic carbocycles. The number of ether oxygens (including phenoxy) is 2. The van der Waals surface area contributed by atoms with Crippen molar-refractivity contribution >= 4 is 6.09 Å². The second-order valence-electron chi connectivity index (χ2n) is 6.42. The molecule has 3 aliphatic heterocycles. The highest BCUT2D eigenvalue weighted by molar-refractivity contribution is 5.67. The summed E-state index contributed by atoms with van der Waals surface area (Å²) in [5, 5.41) is 0. The van der Waals surface area contributed by atoms with Crippen LogP contribution in [-0.4, -0.2) is 67.4 Å². The Morgan fingerprint density at radius 1 is 1.20 bits per heavy atom. The fourth-order valence-corrected chi connectivity index (χ4v) is 4.22. The molecule has 2 atom stereocenters. The molecule has 0 spiro atoms. The van der Waals surface area contributed by atoms with E-state index in [1.165, 1.54) is 19.3 Å². The third-order valence-electron chi connectivity index (χ3n) is 5.21. The quantitative estimate of drug-likeness (QED) is 0.789. The predicted octanol–water partition coefficient (Wildman–Crippen LogP) is 1.86. The molecule has 0 N–H and O–H groups in total. The van der Waals surface area contributed by atoms with Crippen LogP contribution in [0.15, 0.2) is 0 Å². The molecule has 0 unspecified atom stereocenters. The summed E-state index contributed by atoms with van der Waals surface area (Å²) < 4.78 is 11.0. The van der Waals surface area contributed by atoms with Crippen molar-refractivity contribution in [3.63, 3.8) is 0 Å². The number of nitrogens with zero attached hydrogens (tertiary/aromatic N) is 2. The summed E-state index contributed by atoms with van der Waals surface area (Å²) >= 11 is 0. The van der Waals surface area contributed by atoms with E-state index >= 15 is 0 Å². The smallest absolute Gasteiger partial charge is 0.409 e. The van der Waals surface area contributed by atoms with E-state index in [2.05, 4.69) is 4.90 Å². The van der Waals surface area contributed by atoms with Crippen molar-refractivity contribution < 1.29 is 14.3 Å². The number of fused-ring (bicyclic) bond motifs is 1. The lowest BCUT2D eigenvalue weighted by molar-refractivity contribution is 0.0282. The fraction of sp³-hybridized carbons (Fsp3) is 0.933. The Labute approximate surface area is 121 Å². The number of carbonyl (C=O) groups is 1. The van der Waals surface area contributed by atoms with E-state index in [1.807, 2.05) is 4.90 Å². The van der Waals surface area contributed by atoms with Crippen LogP contribution < -0.4 is 0 Å². The molecule has 114 valence electrons. The number of rotatable bonds is 4. The minimum absolute atomic E-state index is 0.120. The van der Waals surface area contributed by atoms with Gasteiger partial charge in [-0.05, 0) is 45.1 Å². The first kappa shape index (κ1) is 14.1. The van der Waals surface area contributed by atoms with Gasteiger partial charge in [0.15, 0.2) is 0 Å². The molecule has 0 aromatic heterocycles. The zero-order valence-corrected chi connectivity index (χ0v) is 12.5. The third kappa shape index (κ3) is 2.53. The molecule has 3 rings (SSSR count). The molecule has 3 fully saturated rings. The number of methoxy groups -OCH3 is 1. The van der Waals surface area contributed by atoms with E-state index in [-0.39, 0.29) is 11.6 Å². The van der Waals surface area contributed by atoms with Crippen molar-refractivity contribution in [2.45, 2.75) is 50.1 Å². The molecular weight excluding hydrogens is 256 g/mol. The van der Waals surface area contributed by atoms with Gasteiger partial charge in [-0.3, -0.25) is 4.90 Å². The maximum atomic E-state index is 12.0. The Kier molecular flexibility index (Phi) is 4.17. The SMILES string of the molecule is COC[C@]12CCCN1[C@H](COC(=O)N1CCCC1)CC2. The van der Waals surface area contributed by atoms with Gasteiger partial charge in [0, 0.05) is 31.8 Å². The monoisotopic (exact) mass is 282 g/mol. The normalized spacial score (nSPS) is 33.6. The maximum absolute atomic E-state index is 12.0. The molecule has 5 nitrogen and oxygen atoms in total. The number of likely N-dealkylation sites (tertiary alicyclic amines) is 1. The molecule has 3 heterocycles. The maximum Gasteiger partial charge on any atom is 0.409 e. The minimum atomic E-state index is -0.120. The number of hydrogen-bond acceptors (Lipinski definition) is 4. The standard InChI is InChI=1S/C15H26N2O3/c1-19-12-15-6-4-10-17(15)13(5-7-15)11-20-14(18)16-8-2-3-9-16/h13H,2-12H2,1H3/t13-,15+/m0/s1. The van der Waals surface area contributed by atoms with Gasteiger partial charge < -0.3 is 14.4 Å². The van der Waals surface area contributed by atoms with Crippen LogP contribution in [0.4, 0.5) is 4.79 Å². The molecule has 3 aliphatic rings. The van der Waals surface area contributed by atoms with Gasteiger partial charge in [-0.1, -0.05) is 0 Å². The highest BCUT2D eigenvalue weighted by Gasteiger charge is 2.49. The van der Waals surface area contributed by atoms with E-state index in [0.717, 1.165) is 45.5 Å². The van der Waals surface area contributed by atoms with E-state index in [1.54, 1.807) is 7.11 Å². The van der Waals surface area contributed by atoms with Crippen molar-refractivity contribution in [3.8, 4) is 0 Å². The lowest BCUT2D eigenvalue weighted by atomic mass is 9.95. The highest BCUT2D eigenvalue weighted by atomic mass is 16.6. The van der Waals surface area contributed by atoms with Crippen molar-refractivity contribution in [2.75, 3.05) is 40.0 Å². The first-order valence-electron chi connectivity index (χ1n) is 7.93. The molecule has 0 saturated carbocycles. The van der Waals surface area contributed by atoms with Crippen LogP contribution in [0.25, 0.3) is 0 Å². The summed E-state index contributed by atoms with van der Waals surface area (Å²) in [7, 11) is 1.78. The van der Waals surface area contributed by atoms with E-state index in [4.69, 9.17) is 9.47 Å². The largest absolute Gasteiger partial charge is 0.448 e. The first-order chi connectivity index (χ1) is 9.75. The third-order valence-corrected chi connectivity index (χ3v) is 5.21. The first-order valence-corrected chi connectivity index (χ1v) is 7.93. The average molecular weight is 282 g/mol. The second-order valence-corrected chi connectivity index (χ2v) is 6.42. The lowest BCUT2D eigenvalue weighted by Crippen LogP contribution is -2.47. The molecule has 5 heteroatoms. The summed E-state index contributed by atoms with van der Waals surface area (Å²) in [5.41, 5.74) is 0.222. The molecule has 0 aliphatic carbocycles. The summed E-state index contributed by atoms with van der Waals surface area (Å²) in [6.07, 6.45) is 6.86. The lowest BCUT2D eigenvalue weighted by Gasteiger charge is -2.34. The molecular formula is C15H26N2O3. The molecule has 3 saturated heterocycles. The fourth-order valence-electron chi connectivity index (χ4n) is 4.22. The van der Waals surface area contributed by atoms with Crippen LogP contribution in [0.3, 0.4) is 0 Å². The van der Waals surface area contributed by atoms with Crippen LogP contribution in [0.2, 0.25) is 0 Å². The van der Waals surface area contributed by atoms with Gasteiger partial charge in [-0.25, -0.2) is 4.79 Å². The number of carbonyl (C=O) groups excluding carboxylic acids is 1.